The Kier molecular flexibility index (Phi) is 10.6. The van der Waals surface area contributed by atoms with Gasteiger partial charge >= 0.3 is 0 Å². The number of hydrogen-bond donors (Lipinski definition) is 0. The highest BCUT2D eigenvalue weighted by Gasteiger charge is 2.46. The maximum Gasteiger partial charge on any atom is 0.264 e. The summed E-state index contributed by atoms with van der Waals surface area (Å²) >= 11 is 1.99. The summed E-state index contributed by atoms with van der Waals surface area (Å²) < 4.78 is 2.74. The van der Waals surface area contributed by atoms with E-state index >= 15 is 0 Å². The van der Waals surface area contributed by atoms with Crippen LogP contribution in [0.3, 0.4) is 0 Å². The number of aryl methyl sites for hydroxylation is 1. The Morgan fingerprint density at radius 1 is 0.500 bits per heavy atom. The van der Waals surface area contributed by atoms with E-state index in [1.54, 1.807) is 0 Å². The van der Waals surface area contributed by atoms with Crippen LogP contribution >= 0.6 is 11.3 Å². The van der Waals surface area contributed by atoms with Crippen molar-refractivity contribution in [2.45, 2.75) is 137 Å². The smallest absolute Gasteiger partial charge is 0.264 e. The molecule has 0 atom stereocenters. The Bertz CT molecular complexity index is 3340. The second kappa shape index (κ2) is 16.0. The Balaban J connectivity index is 1.21. The van der Waals surface area contributed by atoms with Crippen LogP contribution in [0.1, 0.15) is 136 Å². The van der Waals surface area contributed by atoms with Gasteiger partial charge < -0.3 is 14.7 Å². The molecule has 70 heavy (non-hydrogen) atoms. The van der Waals surface area contributed by atoms with E-state index in [4.69, 9.17) is 0 Å². The van der Waals surface area contributed by atoms with Gasteiger partial charge in [-0.3, -0.25) is 0 Å². The first kappa shape index (κ1) is 46.4. The zero-order valence-electron chi connectivity index (χ0n) is 44.1. The third-order valence-corrected chi connectivity index (χ3v) is 17.2. The Morgan fingerprint density at radius 2 is 1.04 bits per heavy atom. The predicted octanol–water partition coefficient (Wildman–Crippen LogP) is 17.0. The van der Waals surface area contributed by atoms with E-state index in [1.807, 2.05) is 11.3 Å². The van der Waals surface area contributed by atoms with Gasteiger partial charge in [-0.15, -0.1) is 11.3 Å². The molecule has 7 aromatic carbocycles. The van der Waals surface area contributed by atoms with E-state index < -0.39 is 0 Å². The molecule has 3 heterocycles. The van der Waals surface area contributed by atoms with Crippen LogP contribution in [0, 0.1) is 6.92 Å². The molecule has 0 N–H and O–H groups in total. The van der Waals surface area contributed by atoms with Crippen molar-refractivity contribution in [1.82, 2.24) is 0 Å². The fourth-order valence-electron chi connectivity index (χ4n) is 11.7. The summed E-state index contributed by atoms with van der Waals surface area (Å²) in [6, 6.07) is 56.6. The minimum absolute atomic E-state index is 0.000169. The summed E-state index contributed by atoms with van der Waals surface area (Å²) in [5.74, 6) is 0. The molecule has 354 valence electrons. The molecule has 0 spiro atoms. The molecule has 0 saturated heterocycles. The third kappa shape index (κ3) is 7.61. The topological polar surface area (TPSA) is 9.72 Å². The van der Waals surface area contributed by atoms with E-state index in [0.717, 1.165) is 17.1 Å². The number of nitrogens with zero attached hydrogens (tertiary/aromatic N) is 3. The summed E-state index contributed by atoms with van der Waals surface area (Å²) in [7, 11) is 0. The van der Waals surface area contributed by atoms with Gasteiger partial charge in [-0.1, -0.05) is 151 Å². The number of hydrogen-bond acceptors (Lipinski definition) is 4. The van der Waals surface area contributed by atoms with Gasteiger partial charge in [0.2, 0.25) is 0 Å². The molecular weight excluding hydrogens is 866 g/mol. The zero-order valence-corrected chi connectivity index (χ0v) is 44.9. The fourth-order valence-corrected chi connectivity index (χ4v) is 13.0. The van der Waals surface area contributed by atoms with Crippen LogP contribution in [0.25, 0.3) is 10.1 Å². The van der Waals surface area contributed by atoms with Crippen LogP contribution in [-0.2, 0) is 27.1 Å². The summed E-state index contributed by atoms with van der Waals surface area (Å²) in [5.41, 5.74) is 22.1. The second-order valence-electron chi connectivity index (χ2n) is 25.1. The maximum absolute atomic E-state index is 2.68. The first-order valence-corrected chi connectivity index (χ1v) is 26.5. The summed E-state index contributed by atoms with van der Waals surface area (Å²) in [6.45, 7) is 32.9. The molecule has 0 unspecified atom stereocenters. The van der Waals surface area contributed by atoms with E-state index in [9.17, 15) is 0 Å². The first-order valence-electron chi connectivity index (χ1n) is 25.7. The van der Waals surface area contributed by atoms with Crippen molar-refractivity contribution >= 4 is 95.0 Å². The van der Waals surface area contributed by atoms with Crippen LogP contribution in [-0.4, -0.2) is 6.71 Å². The van der Waals surface area contributed by atoms with Crippen LogP contribution in [0.4, 0.5) is 51.2 Å². The molecule has 11 rings (SSSR count). The van der Waals surface area contributed by atoms with E-state index in [1.165, 1.54) is 106 Å². The molecular formula is C65H70BN3S. The first-order chi connectivity index (χ1) is 33.0. The van der Waals surface area contributed by atoms with Crippen molar-refractivity contribution in [2.75, 3.05) is 14.7 Å². The number of para-hydroxylation sites is 1. The maximum atomic E-state index is 2.68. The lowest BCUT2D eigenvalue weighted by Gasteiger charge is -2.45. The standard InChI is InChI=1S/C65H70BN3S/c1-41-36-55-58-56(37-41)69(48-29-31-51-52(39-48)65(13,14)35-34-64(51,11)12)59-50-38-44(63(8,9)10)24-33-57(50)70-60(59)66(58)53-32-30-49(40-54(53)68(55)47-27-22-43(23-28-47)62(5,6)7)67(45-18-16-15-17-19-45)46-25-20-42(21-26-46)61(2,3)4/h15-33,36-40H,34-35H2,1-14H3. The molecule has 0 fully saturated rings. The van der Waals surface area contributed by atoms with Gasteiger partial charge in [0.1, 0.15) is 0 Å². The largest absolute Gasteiger partial charge is 0.311 e. The van der Waals surface area contributed by atoms with E-state index in [2.05, 4.69) is 257 Å². The number of rotatable bonds is 5. The van der Waals surface area contributed by atoms with Gasteiger partial charge in [0.15, 0.2) is 0 Å². The monoisotopic (exact) mass is 936 g/mol. The summed E-state index contributed by atoms with van der Waals surface area (Å²) in [5, 5.41) is 1.34. The van der Waals surface area contributed by atoms with Crippen LogP contribution in [0.2, 0.25) is 0 Å². The molecule has 3 aliphatic rings. The van der Waals surface area contributed by atoms with Crippen molar-refractivity contribution in [3.8, 4) is 0 Å². The van der Waals surface area contributed by atoms with Crippen molar-refractivity contribution in [3.63, 3.8) is 0 Å². The molecule has 0 saturated carbocycles. The molecule has 8 aromatic rings. The van der Waals surface area contributed by atoms with Crippen molar-refractivity contribution in [3.05, 3.63) is 179 Å². The lowest BCUT2D eigenvalue weighted by Crippen LogP contribution is -2.60. The fraction of sp³-hybridized carbons (Fsp3) is 0.323. The van der Waals surface area contributed by atoms with Crippen molar-refractivity contribution in [1.29, 1.82) is 0 Å². The molecule has 1 aromatic heterocycles. The van der Waals surface area contributed by atoms with E-state index in [0.29, 0.717) is 0 Å². The van der Waals surface area contributed by atoms with Gasteiger partial charge in [-0.2, -0.15) is 0 Å². The molecule has 3 nitrogen and oxygen atoms in total. The van der Waals surface area contributed by atoms with Gasteiger partial charge in [0.25, 0.3) is 6.71 Å². The molecule has 2 aliphatic heterocycles. The van der Waals surface area contributed by atoms with Crippen LogP contribution < -0.4 is 30.4 Å². The van der Waals surface area contributed by atoms with Crippen molar-refractivity contribution in [2.24, 2.45) is 0 Å². The predicted molar refractivity (Wildman–Crippen MR) is 307 cm³/mol. The zero-order chi connectivity index (χ0) is 49.4. The lowest BCUT2D eigenvalue weighted by atomic mass is 9.36. The molecule has 1 aliphatic carbocycles. The van der Waals surface area contributed by atoms with Crippen LogP contribution in [0.15, 0.2) is 146 Å². The molecule has 0 amide bonds. The SMILES string of the molecule is Cc1cc2c3c(c1)N(c1ccc4c(c1)C(C)(C)CCC4(C)C)c1c(sc4ccc(C(C)(C)C)cc14)B3c1ccc(N(c3ccccc3)c3ccc(C(C)(C)C)cc3)cc1N2c1ccc(C(C)(C)C)cc1. The summed E-state index contributed by atoms with van der Waals surface area (Å²) in [6.07, 6.45) is 2.36. The van der Waals surface area contributed by atoms with Gasteiger partial charge in [0, 0.05) is 60.4 Å². The van der Waals surface area contributed by atoms with Gasteiger partial charge in [0.05, 0.1) is 5.69 Å². The van der Waals surface area contributed by atoms with Crippen molar-refractivity contribution < 1.29 is 0 Å². The quantitative estimate of drug-likeness (QED) is 0.159. The van der Waals surface area contributed by atoms with Crippen LogP contribution in [0.5, 0.6) is 0 Å². The molecule has 5 heteroatoms. The Hall–Kier alpha value is -6.04. The number of fused-ring (bicyclic) bond motifs is 7. The number of anilines is 9. The summed E-state index contributed by atoms with van der Waals surface area (Å²) in [4.78, 5) is 7.71. The normalized spacial score (nSPS) is 15.9. The highest BCUT2D eigenvalue weighted by atomic mass is 32.1. The van der Waals surface area contributed by atoms with E-state index in [-0.39, 0.29) is 33.8 Å². The average molecular weight is 936 g/mol. The van der Waals surface area contributed by atoms with Gasteiger partial charge in [-0.25, -0.2) is 0 Å². The minimum atomic E-state index is 0.000169. The second-order valence-corrected chi connectivity index (χ2v) is 26.2. The number of thiophene rings is 1. The highest BCUT2D eigenvalue weighted by Crippen LogP contribution is 2.53. The lowest BCUT2D eigenvalue weighted by molar-refractivity contribution is 0.332. The average Bonchev–Trinajstić information content (AvgIpc) is 3.69. The molecule has 0 bridgehead atoms. The molecule has 0 radical (unpaired) electrons. The third-order valence-electron chi connectivity index (χ3n) is 16.0. The minimum Gasteiger partial charge on any atom is -0.311 e. The Morgan fingerprint density at radius 3 is 1.67 bits per heavy atom. The Labute approximate surface area is 423 Å². The number of benzene rings is 7. The van der Waals surface area contributed by atoms with Gasteiger partial charge in [-0.05, 0) is 176 Å². The highest BCUT2D eigenvalue weighted by molar-refractivity contribution is 7.33.